The SMILES string of the molecule is COCOC(=O)S. The van der Waals surface area contributed by atoms with Crippen LogP contribution in [0.3, 0.4) is 0 Å². The highest BCUT2D eigenvalue weighted by molar-refractivity contribution is 7.96. The van der Waals surface area contributed by atoms with E-state index in [-0.39, 0.29) is 6.79 Å². The van der Waals surface area contributed by atoms with Gasteiger partial charge in [0, 0.05) is 7.11 Å². The Labute approximate surface area is 47.0 Å². The fourth-order valence-electron chi connectivity index (χ4n) is 0.109. The molecule has 0 rings (SSSR count). The molecule has 0 aromatic rings. The second-order valence-electron chi connectivity index (χ2n) is 0.817. The summed E-state index contributed by atoms with van der Waals surface area (Å²) in [6, 6.07) is 0. The number of thiol groups is 1. The fourth-order valence-corrected chi connectivity index (χ4v) is 0.162. The van der Waals surface area contributed by atoms with Crippen LogP contribution in [0.25, 0.3) is 0 Å². The van der Waals surface area contributed by atoms with E-state index in [0.29, 0.717) is 0 Å². The molecule has 0 aliphatic heterocycles. The van der Waals surface area contributed by atoms with Gasteiger partial charge in [-0.25, -0.2) is 4.79 Å². The predicted molar refractivity (Wildman–Crippen MR) is 27.3 cm³/mol. The first-order valence-electron chi connectivity index (χ1n) is 1.62. The summed E-state index contributed by atoms with van der Waals surface area (Å²) in [6.07, 6.45) is 0. The zero-order valence-corrected chi connectivity index (χ0v) is 4.77. The summed E-state index contributed by atoms with van der Waals surface area (Å²) in [6.45, 7) is -0.0255. The van der Waals surface area contributed by atoms with Crippen LogP contribution < -0.4 is 0 Å². The van der Waals surface area contributed by atoms with Crippen molar-refractivity contribution in [3.8, 4) is 0 Å². The first-order valence-corrected chi connectivity index (χ1v) is 2.06. The molecule has 0 N–H and O–H groups in total. The molecule has 0 saturated carbocycles. The van der Waals surface area contributed by atoms with Crippen LogP contribution in [0.15, 0.2) is 0 Å². The van der Waals surface area contributed by atoms with Crippen LogP contribution in [-0.4, -0.2) is 19.2 Å². The van der Waals surface area contributed by atoms with Crippen molar-refractivity contribution in [2.24, 2.45) is 0 Å². The maximum absolute atomic E-state index is 9.76. The number of hydrogen-bond acceptors (Lipinski definition) is 3. The minimum absolute atomic E-state index is 0.0255. The van der Waals surface area contributed by atoms with Gasteiger partial charge in [0.05, 0.1) is 0 Å². The van der Waals surface area contributed by atoms with E-state index in [1.165, 1.54) is 7.11 Å². The highest BCUT2D eigenvalue weighted by Crippen LogP contribution is 1.83. The maximum Gasteiger partial charge on any atom is 0.366 e. The number of rotatable bonds is 2. The molecule has 0 heterocycles. The molecule has 7 heavy (non-hydrogen) atoms. The van der Waals surface area contributed by atoms with E-state index < -0.39 is 5.30 Å². The van der Waals surface area contributed by atoms with Crippen LogP contribution in [0, 0.1) is 0 Å². The van der Waals surface area contributed by atoms with E-state index in [0.717, 1.165) is 0 Å². The van der Waals surface area contributed by atoms with Crippen molar-refractivity contribution in [1.29, 1.82) is 0 Å². The van der Waals surface area contributed by atoms with Crippen LogP contribution in [0.5, 0.6) is 0 Å². The van der Waals surface area contributed by atoms with E-state index in [4.69, 9.17) is 0 Å². The van der Waals surface area contributed by atoms with Gasteiger partial charge < -0.3 is 9.47 Å². The third kappa shape index (κ3) is 5.78. The molecule has 0 saturated heterocycles. The Kier molecular flexibility index (Phi) is 3.83. The zero-order chi connectivity index (χ0) is 5.70. The number of carbonyl (C=O) groups excluding carboxylic acids is 1. The molecule has 0 aromatic carbocycles. The number of methoxy groups -OCH3 is 1. The Morgan fingerprint density at radius 2 is 2.43 bits per heavy atom. The molecule has 0 fully saturated rings. The van der Waals surface area contributed by atoms with Gasteiger partial charge in [-0.2, -0.15) is 0 Å². The minimum atomic E-state index is -0.623. The van der Waals surface area contributed by atoms with Gasteiger partial charge in [-0.3, -0.25) is 0 Å². The molecular formula is C3H6O3S. The molecular weight excluding hydrogens is 116 g/mol. The van der Waals surface area contributed by atoms with Gasteiger partial charge in [0.2, 0.25) is 0 Å². The summed E-state index contributed by atoms with van der Waals surface area (Å²) in [4.78, 5) is 9.76. The number of carbonyl (C=O) groups is 1. The van der Waals surface area contributed by atoms with Gasteiger partial charge in [0.15, 0.2) is 6.79 Å². The lowest BCUT2D eigenvalue weighted by Gasteiger charge is -1.94. The lowest BCUT2D eigenvalue weighted by Crippen LogP contribution is -1.97. The molecule has 0 unspecified atom stereocenters. The van der Waals surface area contributed by atoms with Gasteiger partial charge in [-0.1, -0.05) is 12.6 Å². The maximum atomic E-state index is 9.76. The quantitative estimate of drug-likeness (QED) is 0.332. The van der Waals surface area contributed by atoms with Crippen molar-refractivity contribution in [3.63, 3.8) is 0 Å². The van der Waals surface area contributed by atoms with Crippen LogP contribution >= 0.6 is 12.6 Å². The number of hydrogen-bond donors (Lipinski definition) is 1. The van der Waals surface area contributed by atoms with Gasteiger partial charge in [0.1, 0.15) is 0 Å². The molecule has 0 aliphatic rings. The highest BCUT2D eigenvalue weighted by atomic mass is 32.1. The Hall–Kier alpha value is -0.220. The van der Waals surface area contributed by atoms with E-state index in [1.54, 1.807) is 0 Å². The third-order valence-corrected chi connectivity index (χ3v) is 0.429. The summed E-state index contributed by atoms with van der Waals surface area (Å²) in [5, 5.41) is -0.623. The van der Waals surface area contributed by atoms with Crippen LogP contribution in [0.1, 0.15) is 0 Å². The fraction of sp³-hybridized carbons (Fsp3) is 0.667. The molecule has 0 spiro atoms. The van der Waals surface area contributed by atoms with Gasteiger partial charge in [-0.15, -0.1) is 0 Å². The van der Waals surface area contributed by atoms with Crippen molar-refractivity contribution >= 4 is 17.9 Å². The van der Waals surface area contributed by atoms with E-state index in [2.05, 4.69) is 22.1 Å². The topological polar surface area (TPSA) is 35.5 Å². The van der Waals surface area contributed by atoms with Crippen LogP contribution in [-0.2, 0) is 9.47 Å². The predicted octanol–water partition coefficient (Wildman–Crippen LogP) is 0.657. The van der Waals surface area contributed by atoms with Crippen LogP contribution in [0.2, 0.25) is 0 Å². The van der Waals surface area contributed by atoms with Crippen molar-refractivity contribution < 1.29 is 14.3 Å². The Morgan fingerprint density at radius 3 is 2.57 bits per heavy atom. The molecule has 42 valence electrons. The lowest BCUT2D eigenvalue weighted by atomic mass is 11.3. The normalized spacial score (nSPS) is 8.29. The monoisotopic (exact) mass is 122 g/mol. The molecule has 0 aromatic heterocycles. The molecule has 4 heteroatoms. The molecule has 0 amide bonds. The molecule has 0 atom stereocenters. The van der Waals surface area contributed by atoms with Crippen molar-refractivity contribution in [1.82, 2.24) is 0 Å². The first-order chi connectivity index (χ1) is 3.27. The Bertz CT molecular complexity index is 63.2. The molecule has 0 radical (unpaired) electrons. The first kappa shape index (κ1) is 6.78. The summed E-state index contributed by atoms with van der Waals surface area (Å²) in [5.41, 5.74) is 0. The third-order valence-electron chi connectivity index (χ3n) is 0.300. The van der Waals surface area contributed by atoms with E-state index in [9.17, 15) is 4.79 Å². The van der Waals surface area contributed by atoms with Crippen molar-refractivity contribution in [2.75, 3.05) is 13.9 Å². The highest BCUT2D eigenvalue weighted by Gasteiger charge is 1.86. The van der Waals surface area contributed by atoms with Crippen LogP contribution in [0.4, 0.5) is 4.79 Å². The average molecular weight is 122 g/mol. The Morgan fingerprint density at radius 1 is 1.86 bits per heavy atom. The van der Waals surface area contributed by atoms with E-state index in [1.807, 2.05) is 0 Å². The van der Waals surface area contributed by atoms with Crippen molar-refractivity contribution in [2.45, 2.75) is 0 Å². The largest absolute Gasteiger partial charge is 0.431 e. The molecule has 0 aliphatic carbocycles. The second-order valence-corrected chi connectivity index (χ2v) is 1.18. The second kappa shape index (κ2) is 3.95. The lowest BCUT2D eigenvalue weighted by molar-refractivity contribution is 0.0244. The standard InChI is InChI=1S/C3H6O3S/c1-5-2-6-3(4)7/h2H2,1H3,(H,4,7). The van der Waals surface area contributed by atoms with Gasteiger partial charge in [0.25, 0.3) is 0 Å². The molecule has 3 nitrogen and oxygen atoms in total. The average Bonchev–Trinajstić information content (AvgIpc) is 1.61. The Balaban J connectivity index is 2.82. The van der Waals surface area contributed by atoms with Gasteiger partial charge >= 0.3 is 5.30 Å². The van der Waals surface area contributed by atoms with E-state index >= 15 is 0 Å². The van der Waals surface area contributed by atoms with Gasteiger partial charge in [-0.05, 0) is 0 Å². The summed E-state index contributed by atoms with van der Waals surface area (Å²) < 4.78 is 8.55. The minimum Gasteiger partial charge on any atom is -0.431 e. The summed E-state index contributed by atoms with van der Waals surface area (Å²) in [5.74, 6) is 0. The summed E-state index contributed by atoms with van der Waals surface area (Å²) in [7, 11) is 1.43. The zero-order valence-electron chi connectivity index (χ0n) is 3.88. The molecule has 0 bridgehead atoms. The van der Waals surface area contributed by atoms with Crippen molar-refractivity contribution in [3.05, 3.63) is 0 Å². The summed E-state index contributed by atoms with van der Waals surface area (Å²) >= 11 is 3.29. The smallest absolute Gasteiger partial charge is 0.366 e. The number of ether oxygens (including phenoxy) is 2.